The van der Waals surface area contributed by atoms with Crippen molar-refractivity contribution in [3.05, 3.63) is 0 Å². The first-order valence-electron chi connectivity index (χ1n) is 4.39. The van der Waals surface area contributed by atoms with E-state index in [9.17, 15) is 8.42 Å². The van der Waals surface area contributed by atoms with Crippen LogP contribution in [0.4, 0.5) is 0 Å². The first-order chi connectivity index (χ1) is 5.71. The monoisotopic (exact) mass is 192 g/mol. The lowest BCUT2D eigenvalue weighted by Crippen LogP contribution is -2.34. The van der Waals surface area contributed by atoms with E-state index in [1.54, 1.807) is 0 Å². The predicted molar refractivity (Wildman–Crippen MR) is 48.5 cm³/mol. The van der Waals surface area contributed by atoms with Gasteiger partial charge < -0.3 is 5.32 Å². The third kappa shape index (κ3) is 4.04. The zero-order valence-electron chi connectivity index (χ0n) is 7.17. The van der Waals surface area contributed by atoms with Crippen LogP contribution in [0.2, 0.25) is 0 Å². The highest BCUT2D eigenvalue weighted by atomic mass is 32.2. The Bertz CT molecular complexity index is 197. The summed E-state index contributed by atoms with van der Waals surface area (Å²) in [4.78, 5) is 0. The van der Waals surface area contributed by atoms with E-state index in [1.807, 2.05) is 0 Å². The number of nitrogens with one attached hydrogen (secondary N) is 2. The van der Waals surface area contributed by atoms with Gasteiger partial charge in [-0.15, -0.1) is 0 Å². The molecular formula is C7H16N2O2S. The van der Waals surface area contributed by atoms with Crippen LogP contribution >= 0.6 is 0 Å². The lowest BCUT2D eigenvalue weighted by Gasteiger charge is -2.10. The number of hydrogen-bond acceptors (Lipinski definition) is 3. The van der Waals surface area contributed by atoms with Crippen LogP contribution in [0, 0.1) is 0 Å². The molecule has 0 spiro atoms. The van der Waals surface area contributed by atoms with Gasteiger partial charge in [0.2, 0.25) is 10.0 Å². The minimum Gasteiger partial charge on any atom is -0.316 e. The van der Waals surface area contributed by atoms with Crippen molar-refractivity contribution in [1.29, 1.82) is 0 Å². The minimum atomic E-state index is -2.99. The molecule has 1 aliphatic rings. The Morgan fingerprint density at radius 2 is 1.67 bits per heavy atom. The van der Waals surface area contributed by atoms with Gasteiger partial charge in [-0.25, -0.2) is 13.1 Å². The molecule has 0 amide bonds. The van der Waals surface area contributed by atoms with E-state index in [4.69, 9.17) is 0 Å². The fraction of sp³-hybridized carbons (Fsp3) is 1.00. The average Bonchev–Trinajstić information content (AvgIpc) is 2.02. The van der Waals surface area contributed by atoms with E-state index in [2.05, 4.69) is 10.0 Å². The molecule has 1 aliphatic heterocycles. The van der Waals surface area contributed by atoms with E-state index in [-0.39, 0.29) is 5.75 Å². The van der Waals surface area contributed by atoms with Crippen molar-refractivity contribution in [1.82, 2.24) is 10.0 Å². The fourth-order valence-electron chi connectivity index (χ4n) is 1.18. The van der Waals surface area contributed by atoms with E-state index in [0.717, 1.165) is 25.8 Å². The maximum absolute atomic E-state index is 11.1. The molecule has 5 heteroatoms. The van der Waals surface area contributed by atoms with Crippen LogP contribution in [0.3, 0.4) is 0 Å². The van der Waals surface area contributed by atoms with Crippen molar-refractivity contribution >= 4 is 10.0 Å². The summed E-state index contributed by atoms with van der Waals surface area (Å²) in [5.74, 6) is 0.201. The maximum atomic E-state index is 11.1. The van der Waals surface area contributed by atoms with Crippen LogP contribution < -0.4 is 10.0 Å². The molecule has 1 heterocycles. The normalized spacial score (nSPS) is 26.3. The van der Waals surface area contributed by atoms with Crippen LogP contribution in [-0.2, 0) is 10.0 Å². The number of hydrogen-bond donors (Lipinski definition) is 2. The molecule has 0 radical (unpaired) electrons. The van der Waals surface area contributed by atoms with Crippen molar-refractivity contribution in [2.75, 3.05) is 25.4 Å². The molecule has 0 bridgehead atoms. The van der Waals surface area contributed by atoms with E-state index >= 15 is 0 Å². The van der Waals surface area contributed by atoms with Crippen LogP contribution in [0.5, 0.6) is 0 Å². The van der Waals surface area contributed by atoms with Crippen molar-refractivity contribution in [2.45, 2.75) is 19.3 Å². The third-order valence-electron chi connectivity index (χ3n) is 1.90. The summed E-state index contributed by atoms with van der Waals surface area (Å²) in [5.41, 5.74) is 0. The highest BCUT2D eigenvalue weighted by Gasteiger charge is 2.09. The molecule has 0 aliphatic carbocycles. The molecule has 0 unspecified atom stereocenters. The van der Waals surface area contributed by atoms with E-state index in [0.29, 0.717) is 13.1 Å². The first-order valence-corrected chi connectivity index (χ1v) is 6.04. The summed E-state index contributed by atoms with van der Waals surface area (Å²) in [6, 6.07) is 0. The van der Waals surface area contributed by atoms with Gasteiger partial charge in [0.05, 0.1) is 5.75 Å². The third-order valence-corrected chi connectivity index (χ3v) is 3.29. The molecular weight excluding hydrogens is 176 g/mol. The Morgan fingerprint density at radius 3 is 2.50 bits per heavy atom. The SMILES string of the molecule is O=S1(=O)CCNCCCCCN1. The topological polar surface area (TPSA) is 58.2 Å². The van der Waals surface area contributed by atoms with Gasteiger partial charge in [0.25, 0.3) is 0 Å². The summed E-state index contributed by atoms with van der Waals surface area (Å²) >= 11 is 0. The van der Waals surface area contributed by atoms with Gasteiger partial charge >= 0.3 is 0 Å². The van der Waals surface area contributed by atoms with Crippen LogP contribution in [0.25, 0.3) is 0 Å². The second-order valence-corrected chi connectivity index (χ2v) is 4.95. The second kappa shape index (κ2) is 4.79. The molecule has 4 nitrogen and oxygen atoms in total. The lowest BCUT2D eigenvalue weighted by atomic mass is 10.2. The highest BCUT2D eigenvalue weighted by molar-refractivity contribution is 7.89. The summed E-state index contributed by atoms with van der Waals surface area (Å²) in [7, 11) is -2.99. The molecule has 0 aromatic rings. The average molecular weight is 192 g/mol. The van der Waals surface area contributed by atoms with Crippen molar-refractivity contribution in [3.63, 3.8) is 0 Å². The van der Waals surface area contributed by atoms with Gasteiger partial charge in [-0.05, 0) is 19.4 Å². The molecule has 12 heavy (non-hydrogen) atoms. The van der Waals surface area contributed by atoms with Gasteiger partial charge in [0, 0.05) is 13.1 Å². The summed E-state index contributed by atoms with van der Waals surface area (Å²) in [5, 5.41) is 3.09. The fourth-order valence-corrected chi connectivity index (χ4v) is 2.20. The highest BCUT2D eigenvalue weighted by Crippen LogP contribution is 1.95. The van der Waals surface area contributed by atoms with Gasteiger partial charge in [-0.1, -0.05) is 6.42 Å². The quantitative estimate of drug-likeness (QED) is 0.553. The molecule has 1 saturated heterocycles. The molecule has 1 fully saturated rings. The van der Waals surface area contributed by atoms with Crippen molar-refractivity contribution < 1.29 is 8.42 Å². The molecule has 2 N–H and O–H groups in total. The Morgan fingerprint density at radius 1 is 0.917 bits per heavy atom. The van der Waals surface area contributed by atoms with Gasteiger partial charge in [0.1, 0.15) is 0 Å². The van der Waals surface area contributed by atoms with Crippen LogP contribution in [0.1, 0.15) is 19.3 Å². The summed E-state index contributed by atoms with van der Waals surface area (Å²) in [6.07, 6.45) is 3.18. The predicted octanol–water partition coefficient (Wildman–Crippen LogP) is -0.321. The Labute approximate surface area is 73.8 Å². The lowest BCUT2D eigenvalue weighted by molar-refractivity contribution is 0.554. The maximum Gasteiger partial charge on any atom is 0.212 e. The van der Waals surface area contributed by atoms with Gasteiger partial charge in [0.15, 0.2) is 0 Å². The first kappa shape index (κ1) is 9.95. The summed E-state index contributed by atoms with van der Waals surface area (Å²) < 4.78 is 24.8. The number of sulfonamides is 1. The van der Waals surface area contributed by atoms with E-state index < -0.39 is 10.0 Å². The molecule has 0 aromatic heterocycles. The number of rotatable bonds is 0. The zero-order chi connectivity index (χ0) is 8.86. The second-order valence-electron chi connectivity index (χ2n) is 3.02. The van der Waals surface area contributed by atoms with Crippen molar-refractivity contribution in [2.24, 2.45) is 0 Å². The Kier molecular flexibility index (Phi) is 3.97. The molecule has 0 atom stereocenters. The van der Waals surface area contributed by atoms with Crippen LogP contribution in [0.15, 0.2) is 0 Å². The Balaban J connectivity index is 2.38. The zero-order valence-corrected chi connectivity index (χ0v) is 7.99. The largest absolute Gasteiger partial charge is 0.316 e. The van der Waals surface area contributed by atoms with E-state index in [1.165, 1.54) is 0 Å². The molecule has 0 saturated carbocycles. The minimum absolute atomic E-state index is 0.201. The Hall–Kier alpha value is -0.130. The molecule has 1 rings (SSSR count). The van der Waals surface area contributed by atoms with Crippen molar-refractivity contribution in [3.8, 4) is 0 Å². The molecule has 72 valence electrons. The van der Waals surface area contributed by atoms with Gasteiger partial charge in [-0.2, -0.15) is 0 Å². The van der Waals surface area contributed by atoms with Gasteiger partial charge in [-0.3, -0.25) is 0 Å². The smallest absolute Gasteiger partial charge is 0.212 e. The van der Waals surface area contributed by atoms with Crippen LogP contribution in [-0.4, -0.2) is 33.8 Å². The standard InChI is InChI=1S/C7H16N2O2S/c10-12(11)7-6-8-4-2-1-3-5-9-12/h8-9H,1-7H2. The summed E-state index contributed by atoms with van der Waals surface area (Å²) in [6.45, 7) is 2.10. The molecule has 0 aromatic carbocycles.